The molecule has 0 unspecified atom stereocenters. The first-order valence-electron chi connectivity index (χ1n) is 5.38. The molecule has 17 heavy (non-hydrogen) atoms. The van der Waals surface area contributed by atoms with Gasteiger partial charge in [-0.25, -0.2) is 5.48 Å². The van der Waals surface area contributed by atoms with E-state index in [2.05, 4.69) is 5.48 Å². The van der Waals surface area contributed by atoms with Gasteiger partial charge >= 0.3 is 0 Å². The van der Waals surface area contributed by atoms with E-state index in [-0.39, 0.29) is 5.91 Å². The van der Waals surface area contributed by atoms with Crippen molar-refractivity contribution >= 4 is 17.2 Å². The van der Waals surface area contributed by atoms with Crippen LogP contribution >= 0.6 is 11.3 Å². The second-order valence-corrected chi connectivity index (χ2v) is 4.31. The van der Waals surface area contributed by atoms with Crippen molar-refractivity contribution in [1.29, 1.82) is 0 Å². The quantitative estimate of drug-likeness (QED) is 0.843. The minimum Gasteiger partial charge on any atom is -0.274 e. The molecule has 2 aromatic rings. The second-order valence-electron chi connectivity index (χ2n) is 3.39. The Bertz CT molecular complexity index is 493. The van der Waals surface area contributed by atoms with E-state index in [1.807, 2.05) is 48.7 Å². The summed E-state index contributed by atoms with van der Waals surface area (Å²) >= 11 is 1.41. The molecule has 0 radical (unpaired) electrons. The van der Waals surface area contributed by atoms with E-state index >= 15 is 0 Å². The van der Waals surface area contributed by atoms with Gasteiger partial charge in [0.2, 0.25) is 0 Å². The van der Waals surface area contributed by atoms with Crippen LogP contribution in [-0.4, -0.2) is 12.5 Å². The van der Waals surface area contributed by atoms with Gasteiger partial charge in [0, 0.05) is 5.56 Å². The van der Waals surface area contributed by atoms with Crippen LogP contribution in [0.4, 0.5) is 0 Å². The Balaban J connectivity index is 2.26. The van der Waals surface area contributed by atoms with E-state index in [1.54, 1.807) is 0 Å². The molecule has 1 N–H and O–H groups in total. The number of thiophene rings is 1. The molecule has 0 saturated carbocycles. The predicted molar refractivity (Wildman–Crippen MR) is 68.8 cm³/mol. The first-order chi connectivity index (χ1) is 8.33. The van der Waals surface area contributed by atoms with Crippen molar-refractivity contribution in [2.45, 2.75) is 6.92 Å². The normalized spacial score (nSPS) is 10.2. The summed E-state index contributed by atoms with van der Waals surface area (Å²) in [6, 6.07) is 11.8. The monoisotopic (exact) mass is 247 g/mol. The first-order valence-corrected chi connectivity index (χ1v) is 6.26. The number of benzene rings is 1. The van der Waals surface area contributed by atoms with Gasteiger partial charge in [-0.1, -0.05) is 30.3 Å². The van der Waals surface area contributed by atoms with Crippen LogP contribution in [0.5, 0.6) is 0 Å². The summed E-state index contributed by atoms with van der Waals surface area (Å²) in [6.07, 6.45) is 0. The summed E-state index contributed by atoms with van der Waals surface area (Å²) < 4.78 is 0. The number of carbonyl (C=O) groups is 1. The van der Waals surface area contributed by atoms with Crippen LogP contribution in [0.1, 0.15) is 16.6 Å². The highest BCUT2D eigenvalue weighted by molar-refractivity contribution is 7.12. The highest BCUT2D eigenvalue weighted by Crippen LogP contribution is 2.27. The minimum absolute atomic E-state index is 0.194. The van der Waals surface area contributed by atoms with Crippen molar-refractivity contribution in [3.63, 3.8) is 0 Å². The third-order valence-corrected chi connectivity index (χ3v) is 3.18. The molecule has 2 rings (SSSR count). The Hall–Kier alpha value is -1.65. The molecule has 3 nitrogen and oxygen atoms in total. The largest absolute Gasteiger partial charge is 0.285 e. The summed E-state index contributed by atoms with van der Waals surface area (Å²) in [4.78, 5) is 17.4. The van der Waals surface area contributed by atoms with Gasteiger partial charge in [0.1, 0.15) is 4.88 Å². The molecule has 1 aromatic carbocycles. The van der Waals surface area contributed by atoms with Gasteiger partial charge in [0.15, 0.2) is 0 Å². The number of hydroxylamine groups is 1. The number of rotatable bonds is 4. The van der Waals surface area contributed by atoms with Crippen molar-refractivity contribution < 1.29 is 9.63 Å². The molecule has 0 aliphatic heterocycles. The Morgan fingerprint density at radius 2 is 2.06 bits per heavy atom. The highest BCUT2D eigenvalue weighted by atomic mass is 32.1. The van der Waals surface area contributed by atoms with E-state index in [4.69, 9.17) is 4.84 Å². The van der Waals surface area contributed by atoms with Gasteiger partial charge in [0.05, 0.1) is 6.61 Å². The second kappa shape index (κ2) is 5.61. The zero-order valence-electron chi connectivity index (χ0n) is 9.47. The number of carbonyl (C=O) groups excluding carboxylic acids is 1. The van der Waals surface area contributed by atoms with Crippen LogP contribution < -0.4 is 5.48 Å². The van der Waals surface area contributed by atoms with Crippen molar-refractivity contribution in [3.8, 4) is 11.1 Å². The molecule has 0 aliphatic carbocycles. The maximum Gasteiger partial charge on any atom is 0.285 e. The average molecular weight is 247 g/mol. The van der Waals surface area contributed by atoms with Gasteiger partial charge in [-0.2, -0.15) is 0 Å². The van der Waals surface area contributed by atoms with Crippen molar-refractivity contribution in [2.24, 2.45) is 0 Å². The maximum absolute atomic E-state index is 11.8. The fourth-order valence-corrected chi connectivity index (χ4v) is 2.32. The molecule has 0 aliphatic rings. The van der Waals surface area contributed by atoms with Crippen LogP contribution in [0.25, 0.3) is 11.1 Å². The Morgan fingerprint density at radius 1 is 1.29 bits per heavy atom. The predicted octanol–water partition coefficient (Wildman–Crippen LogP) is 3.10. The Morgan fingerprint density at radius 3 is 2.76 bits per heavy atom. The van der Waals surface area contributed by atoms with Gasteiger partial charge in [0.25, 0.3) is 5.91 Å². The van der Waals surface area contributed by atoms with Gasteiger partial charge in [-0.05, 0) is 23.9 Å². The summed E-state index contributed by atoms with van der Waals surface area (Å²) in [5.74, 6) is -0.194. The average Bonchev–Trinajstić information content (AvgIpc) is 2.86. The summed E-state index contributed by atoms with van der Waals surface area (Å²) in [6.45, 7) is 2.28. The highest BCUT2D eigenvalue weighted by Gasteiger charge is 2.14. The standard InChI is InChI=1S/C13H13NO2S/c1-2-16-14-13(15)12-11(8-9-17-12)10-6-4-3-5-7-10/h3-9H,2H2,1H3,(H,14,15). The van der Waals surface area contributed by atoms with E-state index < -0.39 is 0 Å². The molecule has 0 atom stereocenters. The maximum atomic E-state index is 11.8. The number of amides is 1. The molecular formula is C13H13NO2S. The molecular weight excluding hydrogens is 234 g/mol. The van der Waals surface area contributed by atoms with E-state index in [0.29, 0.717) is 11.5 Å². The number of hydrogen-bond acceptors (Lipinski definition) is 3. The molecule has 1 amide bonds. The number of hydrogen-bond donors (Lipinski definition) is 1. The van der Waals surface area contributed by atoms with Gasteiger partial charge in [-0.3, -0.25) is 9.63 Å². The fraction of sp³-hybridized carbons (Fsp3) is 0.154. The molecule has 0 bridgehead atoms. The first kappa shape index (κ1) is 11.8. The summed E-state index contributed by atoms with van der Waals surface area (Å²) in [5.41, 5.74) is 4.39. The van der Waals surface area contributed by atoms with Crippen LogP contribution in [-0.2, 0) is 4.84 Å². The SMILES string of the molecule is CCONC(=O)c1sccc1-c1ccccc1. The zero-order chi connectivity index (χ0) is 12.1. The Labute approximate surface area is 104 Å². The smallest absolute Gasteiger partial charge is 0.274 e. The molecule has 0 spiro atoms. The van der Waals surface area contributed by atoms with Crippen molar-refractivity contribution in [3.05, 3.63) is 46.7 Å². The minimum atomic E-state index is -0.194. The van der Waals surface area contributed by atoms with Gasteiger partial charge < -0.3 is 0 Å². The van der Waals surface area contributed by atoms with Crippen LogP contribution in [0.15, 0.2) is 41.8 Å². The van der Waals surface area contributed by atoms with Crippen molar-refractivity contribution in [1.82, 2.24) is 5.48 Å². The zero-order valence-corrected chi connectivity index (χ0v) is 10.3. The van der Waals surface area contributed by atoms with Crippen molar-refractivity contribution in [2.75, 3.05) is 6.61 Å². The molecule has 1 heterocycles. The summed E-state index contributed by atoms with van der Waals surface area (Å²) in [7, 11) is 0. The van der Waals surface area contributed by atoms with Gasteiger partial charge in [-0.15, -0.1) is 11.3 Å². The third-order valence-electron chi connectivity index (χ3n) is 2.27. The molecule has 0 saturated heterocycles. The lowest BCUT2D eigenvalue weighted by molar-refractivity contribution is 0.0369. The van der Waals surface area contributed by atoms with Crippen LogP contribution in [0.2, 0.25) is 0 Å². The van der Waals surface area contributed by atoms with E-state index in [0.717, 1.165) is 11.1 Å². The third kappa shape index (κ3) is 2.72. The lowest BCUT2D eigenvalue weighted by Gasteiger charge is -2.05. The van der Waals surface area contributed by atoms with Crippen LogP contribution in [0, 0.1) is 0 Å². The fourth-order valence-electron chi connectivity index (χ4n) is 1.51. The lowest BCUT2D eigenvalue weighted by Crippen LogP contribution is -2.23. The summed E-state index contributed by atoms with van der Waals surface area (Å²) in [5, 5.41) is 1.91. The Kier molecular flexibility index (Phi) is 3.90. The molecule has 88 valence electrons. The number of nitrogens with one attached hydrogen (secondary N) is 1. The topological polar surface area (TPSA) is 38.3 Å². The van der Waals surface area contributed by atoms with Crippen LogP contribution in [0.3, 0.4) is 0 Å². The lowest BCUT2D eigenvalue weighted by atomic mass is 10.1. The molecule has 4 heteroatoms. The molecule has 0 fully saturated rings. The van der Waals surface area contributed by atoms with E-state index in [1.165, 1.54) is 11.3 Å². The van der Waals surface area contributed by atoms with E-state index in [9.17, 15) is 4.79 Å². The molecule has 1 aromatic heterocycles.